The molecular formula is C22H15Cl2NO2. The van der Waals surface area contributed by atoms with E-state index in [-0.39, 0.29) is 5.91 Å². The molecule has 0 spiro atoms. The molecule has 0 unspecified atom stereocenters. The predicted octanol–water partition coefficient (Wildman–Crippen LogP) is 6.97. The van der Waals surface area contributed by atoms with Crippen molar-refractivity contribution in [3.63, 3.8) is 0 Å². The van der Waals surface area contributed by atoms with Gasteiger partial charge in [0.1, 0.15) is 11.5 Å². The van der Waals surface area contributed by atoms with Gasteiger partial charge in [-0.3, -0.25) is 4.79 Å². The van der Waals surface area contributed by atoms with Crippen LogP contribution in [0.1, 0.15) is 16.1 Å². The molecule has 0 atom stereocenters. The molecule has 1 aromatic heterocycles. The van der Waals surface area contributed by atoms with Gasteiger partial charge in [0.2, 0.25) is 0 Å². The first-order valence-corrected chi connectivity index (χ1v) is 9.13. The molecule has 134 valence electrons. The monoisotopic (exact) mass is 395 g/mol. The first kappa shape index (κ1) is 17.7. The van der Waals surface area contributed by atoms with Crippen molar-refractivity contribution in [2.75, 3.05) is 5.32 Å². The van der Waals surface area contributed by atoms with E-state index < -0.39 is 0 Å². The maximum Gasteiger partial charge on any atom is 0.259 e. The van der Waals surface area contributed by atoms with Gasteiger partial charge in [-0.05, 0) is 42.6 Å². The molecule has 0 bridgehead atoms. The van der Waals surface area contributed by atoms with Crippen LogP contribution < -0.4 is 5.32 Å². The van der Waals surface area contributed by atoms with Gasteiger partial charge in [-0.2, -0.15) is 0 Å². The van der Waals surface area contributed by atoms with Gasteiger partial charge in [0.05, 0.1) is 15.6 Å². The van der Waals surface area contributed by atoms with Gasteiger partial charge in [-0.15, -0.1) is 0 Å². The van der Waals surface area contributed by atoms with Gasteiger partial charge in [0.25, 0.3) is 5.91 Å². The van der Waals surface area contributed by atoms with Crippen LogP contribution in [0.3, 0.4) is 0 Å². The third-order valence-electron chi connectivity index (χ3n) is 4.40. The van der Waals surface area contributed by atoms with Crippen LogP contribution in [0.15, 0.2) is 71.1 Å². The van der Waals surface area contributed by atoms with Gasteiger partial charge in [0, 0.05) is 16.6 Å². The van der Waals surface area contributed by atoms with E-state index in [4.69, 9.17) is 27.6 Å². The van der Waals surface area contributed by atoms with Crippen LogP contribution in [-0.4, -0.2) is 5.91 Å². The Labute approximate surface area is 166 Å². The number of fused-ring (bicyclic) bond motifs is 1. The quantitative estimate of drug-likeness (QED) is 0.406. The first-order chi connectivity index (χ1) is 13.0. The summed E-state index contributed by atoms with van der Waals surface area (Å²) in [5.74, 6) is 0.877. The summed E-state index contributed by atoms with van der Waals surface area (Å²) in [7, 11) is 0. The second-order valence-electron chi connectivity index (χ2n) is 6.19. The normalized spacial score (nSPS) is 10.9. The van der Waals surface area contributed by atoms with Crippen LogP contribution in [0.5, 0.6) is 0 Å². The van der Waals surface area contributed by atoms with Crippen LogP contribution >= 0.6 is 23.2 Å². The topological polar surface area (TPSA) is 42.2 Å². The number of benzene rings is 3. The molecule has 1 amide bonds. The molecule has 0 aliphatic carbocycles. The minimum absolute atomic E-state index is 0.223. The average Bonchev–Trinajstić information content (AvgIpc) is 3.06. The van der Waals surface area contributed by atoms with E-state index in [1.165, 1.54) is 0 Å². The molecule has 0 radical (unpaired) electrons. The molecular weight excluding hydrogens is 381 g/mol. The summed E-state index contributed by atoms with van der Waals surface area (Å²) in [6.45, 7) is 1.76. The summed E-state index contributed by atoms with van der Waals surface area (Å²) in [6.07, 6.45) is 0. The molecule has 3 aromatic carbocycles. The predicted molar refractivity (Wildman–Crippen MR) is 111 cm³/mol. The van der Waals surface area contributed by atoms with Crippen molar-refractivity contribution in [2.24, 2.45) is 0 Å². The number of furan rings is 1. The van der Waals surface area contributed by atoms with E-state index in [1.807, 2.05) is 42.5 Å². The Bertz CT molecular complexity index is 1160. The van der Waals surface area contributed by atoms with Gasteiger partial charge in [-0.1, -0.05) is 59.6 Å². The second kappa shape index (κ2) is 7.10. The number of nitrogens with one attached hydrogen (secondary N) is 1. The number of amides is 1. The number of hydrogen-bond donors (Lipinski definition) is 1. The highest BCUT2D eigenvalue weighted by molar-refractivity contribution is 6.42. The Morgan fingerprint density at radius 2 is 1.70 bits per heavy atom. The summed E-state index contributed by atoms with van der Waals surface area (Å²) in [4.78, 5) is 12.8. The number of halogens is 2. The molecule has 4 aromatic rings. The fourth-order valence-electron chi connectivity index (χ4n) is 3.02. The summed E-state index contributed by atoms with van der Waals surface area (Å²) < 4.78 is 5.78. The summed E-state index contributed by atoms with van der Waals surface area (Å²) >= 11 is 12.0. The lowest BCUT2D eigenvalue weighted by Crippen LogP contribution is -2.12. The highest BCUT2D eigenvalue weighted by Crippen LogP contribution is 2.31. The SMILES string of the molecule is Cc1oc(-c2ccc(Cl)c(Cl)c2)cc1C(=O)Nc1cccc2ccccc12. The zero-order valence-electron chi connectivity index (χ0n) is 14.4. The number of hydrogen-bond acceptors (Lipinski definition) is 2. The summed E-state index contributed by atoms with van der Waals surface area (Å²) in [5.41, 5.74) is 2.00. The van der Waals surface area contributed by atoms with Crippen molar-refractivity contribution in [3.05, 3.63) is 88.1 Å². The first-order valence-electron chi connectivity index (χ1n) is 8.38. The Hall–Kier alpha value is -2.75. The molecule has 1 N–H and O–H groups in total. The fourth-order valence-corrected chi connectivity index (χ4v) is 3.32. The third kappa shape index (κ3) is 3.44. The van der Waals surface area contributed by atoms with Gasteiger partial charge in [-0.25, -0.2) is 0 Å². The van der Waals surface area contributed by atoms with Gasteiger partial charge < -0.3 is 9.73 Å². The number of rotatable bonds is 3. The van der Waals surface area contributed by atoms with E-state index in [9.17, 15) is 4.79 Å². The molecule has 4 rings (SSSR count). The molecule has 0 saturated carbocycles. The Morgan fingerprint density at radius 1 is 0.926 bits per heavy atom. The molecule has 1 heterocycles. The molecule has 0 aliphatic rings. The van der Waals surface area contributed by atoms with E-state index in [2.05, 4.69) is 5.32 Å². The Morgan fingerprint density at radius 3 is 2.52 bits per heavy atom. The molecule has 3 nitrogen and oxygen atoms in total. The van der Waals surface area contributed by atoms with E-state index in [1.54, 1.807) is 31.2 Å². The smallest absolute Gasteiger partial charge is 0.259 e. The van der Waals surface area contributed by atoms with Crippen molar-refractivity contribution in [3.8, 4) is 11.3 Å². The summed E-state index contributed by atoms with van der Waals surface area (Å²) in [5, 5.41) is 5.94. The molecule has 0 fully saturated rings. The van der Waals surface area contributed by atoms with Crippen molar-refractivity contribution in [2.45, 2.75) is 6.92 Å². The average molecular weight is 396 g/mol. The highest BCUT2D eigenvalue weighted by Gasteiger charge is 2.17. The van der Waals surface area contributed by atoms with E-state index in [0.717, 1.165) is 22.0 Å². The van der Waals surface area contributed by atoms with Gasteiger partial charge in [0.15, 0.2) is 0 Å². The van der Waals surface area contributed by atoms with Crippen LogP contribution in [-0.2, 0) is 0 Å². The Balaban J connectivity index is 1.66. The minimum atomic E-state index is -0.223. The van der Waals surface area contributed by atoms with Crippen molar-refractivity contribution in [1.29, 1.82) is 0 Å². The zero-order chi connectivity index (χ0) is 19.0. The number of carbonyl (C=O) groups is 1. The highest BCUT2D eigenvalue weighted by atomic mass is 35.5. The lowest BCUT2D eigenvalue weighted by atomic mass is 10.1. The van der Waals surface area contributed by atoms with Crippen LogP contribution in [0.4, 0.5) is 5.69 Å². The van der Waals surface area contributed by atoms with Gasteiger partial charge >= 0.3 is 0 Å². The summed E-state index contributed by atoms with van der Waals surface area (Å²) in [6, 6.07) is 20.7. The maximum absolute atomic E-state index is 12.8. The van der Waals surface area contributed by atoms with E-state index in [0.29, 0.717) is 27.1 Å². The minimum Gasteiger partial charge on any atom is -0.461 e. The van der Waals surface area contributed by atoms with Crippen LogP contribution in [0.2, 0.25) is 10.0 Å². The largest absolute Gasteiger partial charge is 0.461 e. The molecule has 5 heteroatoms. The van der Waals surface area contributed by atoms with Crippen molar-refractivity contribution >= 4 is 45.6 Å². The Kier molecular flexibility index (Phi) is 4.65. The van der Waals surface area contributed by atoms with Crippen LogP contribution in [0.25, 0.3) is 22.1 Å². The maximum atomic E-state index is 12.8. The fraction of sp³-hybridized carbons (Fsp3) is 0.0455. The number of aryl methyl sites for hydroxylation is 1. The number of carbonyl (C=O) groups excluding carboxylic acids is 1. The lowest BCUT2D eigenvalue weighted by molar-refractivity contribution is 0.102. The number of anilines is 1. The van der Waals surface area contributed by atoms with Crippen LogP contribution in [0, 0.1) is 6.92 Å². The van der Waals surface area contributed by atoms with E-state index >= 15 is 0 Å². The van der Waals surface area contributed by atoms with Crippen molar-refractivity contribution < 1.29 is 9.21 Å². The zero-order valence-corrected chi connectivity index (χ0v) is 15.9. The molecule has 0 saturated heterocycles. The second-order valence-corrected chi connectivity index (χ2v) is 7.00. The molecule has 27 heavy (non-hydrogen) atoms. The standard InChI is InChI=1S/C22H15Cl2NO2/c1-13-17(12-21(27-13)15-9-10-18(23)19(24)11-15)22(26)25-20-8-4-6-14-5-2-3-7-16(14)20/h2-12H,1H3,(H,25,26). The van der Waals surface area contributed by atoms with Crippen molar-refractivity contribution in [1.82, 2.24) is 0 Å². The molecule has 0 aliphatic heterocycles. The lowest BCUT2D eigenvalue weighted by Gasteiger charge is -2.08. The third-order valence-corrected chi connectivity index (χ3v) is 5.14.